The Morgan fingerprint density at radius 3 is 1.15 bits per heavy atom. The molecule has 0 unspecified atom stereocenters. The molecule has 0 fully saturated rings. The van der Waals surface area contributed by atoms with Crippen molar-refractivity contribution in [3.63, 3.8) is 0 Å². The van der Waals surface area contributed by atoms with Crippen LogP contribution in [0.4, 0.5) is 0 Å². The molecule has 0 nitrogen and oxygen atoms in total. The summed E-state index contributed by atoms with van der Waals surface area (Å²) in [6.45, 7) is 7.01. The van der Waals surface area contributed by atoms with Gasteiger partial charge in [-0.25, -0.2) is 0 Å². The third-order valence-electron chi connectivity index (χ3n) is 2.90. The first-order chi connectivity index (χ1) is 6.35. The standard InChI is InChI=1S/3C4H9.Tl/c3*1-3-4-2;/h3*1,3-4H2,2H3;. The Morgan fingerprint density at radius 1 is 0.615 bits per heavy atom. The van der Waals surface area contributed by atoms with Crippen LogP contribution in [0.3, 0.4) is 0 Å². The zero-order valence-corrected chi connectivity index (χ0v) is 14.4. The van der Waals surface area contributed by atoms with Crippen molar-refractivity contribution in [2.45, 2.75) is 71.2 Å². The molecule has 0 aromatic heterocycles. The summed E-state index contributed by atoms with van der Waals surface area (Å²) in [6, 6.07) is 0. The second kappa shape index (κ2) is 11.0. The molecule has 0 saturated carbocycles. The molecule has 0 saturated heterocycles. The van der Waals surface area contributed by atoms with E-state index in [1.807, 2.05) is 0 Å². The first-order valence-electron chi connectivity index (χ1n) is 6.35. The van der Waals surface area contributed by atoms with Crippen molar-refractivity contribution < 1.29 is 0 Å². The van der Waals surface area contributed by atoms with Gasteiger partial charge in [-0.1, -0.05) is 0 Å². The van der Waals surface area contributed by atoms with Gasteiger partial charge in [0.05, 0.1) is 0 Å². The molecule has 0 rings (SSSR count). The van der Waals surface area contributed by atoms with Gasteiger partial charge in [0.25, 0.3) is 0 Å². The topological polar surface area (TPSA) is 0 Å². The van der Waals surface area contributed by atoms with Crippen LogP contribution in [0.5, 0.6) is 0 Å². The van der Waals surface area contributed by atoms with Gasteiger partial charge in [-0.2, -0.15) is 0 Å². The summed E-state index contributed by atoms with van der Waals surface area (Å²) in [5.41, 5.74) is 0. The zero-order valence-electron chi connectivity index (χ0n) is 9.94. The fraction of sp³-hybridized carbons (Fsp3) is 1.00. The second-order valence-electron chi connectivity index (χ2n) is 4.29. The summed E-state index contributed by atoms with van der Waals surface area (Å²) in [4.78, 5) is 0. The van der Waals surface area contributed by atoms with E-state index in [-0.39, 0.29) is 0 Å². The van der Waals surface area contributed by atoms with Crippen LogP contribution >= 0.6 is 0 Å². The summed E-state index contributed by atoms with van der Waals surface area (Å²) in [7, 11) is 0. The van der Waals surface area contributed by atoms with Gasteiger partial charge in [-0.3, -0.25) is 0 Å². The first kappa shape index (κ1) is 13.9. The van der Waals surface area contributed by atoms with Gasteiger partial charge < -0.3 is 0 Å². The van der Waals surface area contributed by atoms with Crippen LogP contribution in [-0.4, -0.2) is 22.7 Å². The molecule has 0 heterocycles. The van der Waals surface area contributed by atoms with Crippen molar-refractivity contribution in [1.82, 2.24) is 0 Å². The first-order valence-corrected chi connectivity index (χ1v) is 15.9. The van der Waals surface area contributed by atoms with E-state index in [9.17, 15) is 0 Å². The Hall–Kier alpha value is 0.922. The van der Waals surface area contributed by atoms with Crippen LogP contribution in [0.1, 0.15) is 59.3 Å². The van der Waals surface area contributed by atoms with Crippen LogP contribution < -0.4 is 0 Å². The normalized spacial score (nSPS) is 10.4. The van der Waals surface area contributed by atoms with E-state index in [2.05, 4.69) is 20.8 Å². The minimum absolute atomic E-state index is 1.08. The Balaban J connectivity index is 3.47. The van der Waals surface area contributed by atoms with E-state index in [4.69, 9.17) is 0 Å². The van der Waals surface area contributed by atoms with Gasteiger partial charge in [0.15, 0.2) is 0 Å². The summed E-state index contributed by atoms with van der Waals surface area (Å²) < 4.78 is 5.11. The SMILES string of the molecule is CCC[CH2][Tl]([CH2]CCC)[CH2]CCC. The van der Waals surface area contributed by atoms with E-state index in [0.717, 1.165) is 0 Å². The predicted octanol–water partition coefficient (Wildman–Crippen LogP) is 4.88. The fourth-order valence-electron chi connectivity index (χ4n) is 1.91. The number of hydrogen-bond acceptors (Lipinski definition) is 0. The molecule has 0 aliphatic carbocycles. The van der Waals surface area contributed by atoms with Crippen molar-refractivity contribution in [2.24, 2.45) is 0 Å². The Bertz CT molecular complexity index is 72.1. The maximum atomic E-state index is 2.34. The molecule has 0 amide bonds. The van der Waals surface area contributed by atoms with Crippen molar-refractivity contribution >= 4 is 22.7 Å². The summed E-state index contributed by atoms with van der Waals surface area (Å²) >= 11 is -1.08. The van der Waals surface area contributed by atoms with E-state index in [1.54, 1.807) is 31.2 Å². The van der Waals surface area contributed by atoms with Gasteiger partial charge in [0.2, 0.25) is 0 Å². The molecule has 0 N–H and O–H groups in total. The molecule has 13 heavy (non-hydrogen) atoms. The van der Waals surface area contributed by atoms with E-state index < -0.39 is 22.7 Å². The van der Waals surface area contributed by atoms with Gasteiger partial charge >= 0.3 is 93.9 Å². The molecule has 0 spiro atoms. The van der Waals surface area contributed by atoms with Gasteiger partial charge in [-0.05, 0) is 0 Å². The summed E-state index contributed by atoms with van der Waals surface area (Å²) in [5, 5.41) is 0. The molecule has 0 atom stereocenters. The Morgan fingerprint density at radius 2 is 0.923 bits per heavy atom. The van der Waals surface area contributed by atoms with Crippen molar-refractivity contribution in [1.29, 1.82) is 0 Å². The molecule has 0 aliphatic rings. The molecule has 0 bridgehead atoms. The van der Waals surface area contributed by atoms with Crippen LogP contribution in [-0.2, 0) is 0 Å². The molecule has 78 valence electrons. The zero-order chi connectivity index (χ0) is 9.94. The van der Waals surface area contributed by atoms with Gasteiger partial charge in [0.1, 0.15) is 0 Å². The quantitative estimate of drug-likeness (QED) is 0.504. The monoisotopic (exact) mass is 376 g/mol. The van der Waals surface area contributed by atoms with Crippen LogP contribution in [0.2, 0.25) is 11.9 Å². The van der Waals surface area contributed by atoms with Crippen molar-refractivity contribution in [2.75, 3.05) is 0 Å². The maximum absolute atomic E-state index is 2.34. The molecule has 0 radical (unpaired) electrons. The molecular formula is C12H27Tl. The number of hydrogen-bond donors (Lipinski definition) is 0. The van der Waals surface area contributed by atoms with Gasteiger partial charge in [-0.15, -0.1) is 0 Å². The molecule has 0 aromatic carbocycles. The molecule has 0 aliphatic heterocycles. The number of unbranched alkanes of at least 4 members (excludes halogenated alkanes) is 3. The third-order valence-corrected chi connectivity index (χ3v) is 17.2. The Labute approximate surface area is 93.6 Å². The second-order valence-corrected chi connectivity index (χ2v) is 17.8. The van der Waals surface area contributed by atoms with Crippen LogP contribution in [0, 0.1) is 0 Å². The third kappa shape index (κ3) is 9.23. The Kier molecular flexibility index (Phi) is 11.8. The van der Waals surface area contributed by atoms with E-state index >= 15 is 0 Å². The fourth-order valence-corrected chi connectivity index (χ4v) is 16.8. The average molecular weight is 376 g/mol. The molecule has 0 aromatic rings. The molecular weight excluding hydrogens is 349 g/mol. The van der Waals surface area contributed by atoms with Crippen molar-refractivity contribution in [3.05, 3.63) is 0 Å². The van der Waals surface area contributed by atoms with Crippen LogP contribution in [0.15, 0.2) is 0 Å². The van der Waals surface area contributed by atoms with Crippen LogP contribution in [0.25, 0.3) is 0 Å². The molecule has 1 heteroatoms. The van der Waals surface area contributed by atoms with E-state index in [1.165, 1.54) is 19.3 Å². The van der Waals surface area contributed by atoms with Gasteiger partial charge in [0, 0.05) is 0 Å². The average Bonchev–Trinajstić information content (AvgIpc) is 2.17. The predicted molar refractivity (Wildman–Crippen MR) is 64.9 cm³/mol. The van der Waals surface area contributed by atoms with Crippen molar-refractivity contribution in [3.8, 4) is 0 Å². The summed E-state index contributed by atoms with van der Waals surface area (Å²) in [5.74, 6) is 0. The number of rotatable bonds is 9. The summed E-state index contributed by atoms with van der Waals surface area (Å²) in [6.07, 6.45) is 8.90. The van der Waals surface area contributed by atoms with E-state index in [0.29, 0.717) is 0 Å². The minimum atomic E-state index is -1.08.